The van der Waals surface area contributed by atoms with Gasteiger partial charge in [0.15, 0.2) is 5.76 Å². The van der Waals surface area contributed by atoms with E-state index in [1.54, 1.807) is 29.2 Å². The summed E-state index contributed by atoms with van der Waals surface area (Å²) in [5.41, 5.74) is 0.880. The zero-order valence-corrected chi connectivity index (χ0v) is 11.8. The molecule has 2 heterocycles. The summed E-state index contributed by atoms with van der Waals surface area (Å²) >= 11 is 0. The SMILES string of the molecule is O=C(c1ccco1)N1CCN(c2cccc([N+](=O)[O-])c2)CC1. The number of carbonyl (C=O) groups excluding carboxylic acids is 1. The van der Waals surface area contributed by atoms with Crippen molar-refractivity contribution in [2.75, 3.05) is 31.1 Å². The van der Waals surface area contributed by atoms with Crippen molar-refractivity contribution < 1.29 is 14.1 Å². The molecule has 0 unspecified atom stereocenters. The number of benzene rings is 1. The number of rotatable bonds is 3. The topological polar surface area (TPSA) is 79.8 Å². The monoisotopic (exact) mass is 301 g/mol. The van der Waals surface area contributed by atoms with Crippen LogP contribution in [0.4, 0.5) is 11.4 Å². The molecule has 1 aromatic heterocycles. The number of nitrogens with zero attached hydrogens (tertiary/aromatic N) is 3. The first-order valence-corrected chi connectivity index (χ1v) is 6.97. The third-order valence-corrected chi connectivity index (χ3v) is 3.70. The van der Waals surface area contributed by atoms with E-state index in [1.807, 2.05) is 11.0 Å². The van der Waals surface area contributed by atoms with Crippen LogP contribution in [0.25, 0.3) is 0 Å². The Kier molecular flexibility index (Phi) is 3.78. The average Bonchev–Trinajstić information content (AvgIpc) is 3.09. The van der Waals surface area contributed by atoms with Crippen molar-refractivity contribution in [2.45, 2.75) is 0 Å². The number of hydrogen-bond donors (Lipinski definition) is 0. The number of amides is 1. The fourth-order valence-electron chi connectivity index (χ4n) is 2.53. The predicted octanol–water partition coefficient (Wildman–Crippen LogP) is 2.15. The van der Waals surface area contributed by atoms with Crippen LogP contribution in [-0.2, 0) is 0 Å². The predicted molar refractivity (Wildman–Crippen MR) is 79.9 cm³/mol. The zero-order valence-electron chi connectivity index (χ0n) is 11.8. The molecular weight excluding hydrogens is 286 g/mol. The third kappa shape index (κ3) is 2.78. The van der Waals surface area contributed by atoms with E-state index in [1.165, 1.54) is 12.3 Å². The molecule has 1 aliphatic rings. The molecule has 0 N–H and O–H groups in total. The molecular formula is C15H15N3O4. The highest BCUT2D eigenvalue weighted by atomic mass is 16.6. The Morgan fingerprint density at radius 1 is 1.14 bits per heavy atom. The molecule has 22 heavy (non-hydrogen) atoms. The number of anilines is 1. The minimum Gasteiger partial charge on any atom is -0.459 e. The zero-order chi connectivity index (χ0) is 15.5. The van der Waals surface area contributed by atoms with Crippen LogP contribution in [0, 0.1) is 10.1 Å². The van der Waals surface area contributed by atoms with Crippen molar-refractivity contribution in [1.82, 2.24) is 4.90 Å². The molecule has 0 saturated carbocycles. The van der Waals surface area contributed by atoms with Gasteiger partial charge in [-0.25, -0.2) is 0 Å². The summed E-state index contributed by atoms with van der Waals surface area (Å²) in [6.45, 7) is 2.38. The number of nitro groups is 1. The summed E-state index contributed by atoms with van der Waals surface area (Å²) < 4.78 is 5.12. The molecule has 1 aromatic carbocycles. The first kappa shape index (κ1) is 14.1. The van der Waals surface area contributed by atoms with Crippen molar-refractivity contribution in [3.05, 3.63) is 58.5 Å². The molecule has 114 valence electrons. The summed E-state index contributed by atoms with van der Waals surface area (Å²) in [6, 6.07) is 9.89. The Labute approximate surface area is 126 Å². The van der Waals surface area contributed by atoms with Gasteiger partial charge in [0.05, 0.1) is 11.2 Å². The number of piperazine rings is 1. The molecule has 0 radical (unpaired) electrons. The fourth-order valence-corrected chi connectivity index (χ4v) is 2.53. The maximum atomic E-state index is 12.2. The number of carbonyl (C=O) groups is 1. The smallest absolute Gasteiger partial charge is 0.289 e. The van der Waals surface area contributed by atoms with E-state index in [0.29, 0.717) is 31.9 Å². The van der Waals surface area contributed by atoms with E-state index in [4.69, 9.17) is 4.42 Å². The van der Waals surface area contributed by atoms with Crippen molar-refractivity contribution in [2.24, 2.45) is 0 Å². The largest absolute Gasteiger partial charge is 0.459 e. The van der Waals surface area contributed by atoms with Gasteiger partial charge in [-0.05, 0) is 18.2 Å². The molecule has 0 spiro atoms. The average molecular weight is 301 g/mol. The molecule has 7 heteroatoms. The van der Waals surface area contributed by atoms with Crippen molar-refractivity contribution in [3.63, 3.8) is 0 Å². The van der Waals surface area contributed by atoms with Gasteiger partial charge < -0.3 is 14.2 Å². The van der Waals surface area contributed by atoms with Gasteiger partial charge in [0, 0.05) is 44.0 Å². The van der Waals surface area contributed by atoms with Crippen LogP contribution in [0.3, 0.4) is 0 Å². The van der Waals surface area contributed by atoms with Gasteiger partial charge >= 0.3 is 0 Å². The maximum Gasteiger partial charge on any atom is 0.289 e. The molecule has 0 bridgehead atoms. The van der Waals surface area contributed by atoms with Crippen molar-refractivity contribution in [3.8, 4) is 0 Å². The quantitative estimate of drug-likeness (QED) is 0.641. The Hall–Kier alpha value is -2.83. The standard InChI is InChI=1S/C15H15N3O4/c19-15(14-5-2-10-22-14)17-8-6-16(7-9-17)12-3-1-4-13(11-12)18(20)21/h1-5,10-11H,6-9H2. The lowest BCUT2D eigenvalue weighted by atomic mass is 10.2. The molecule has 2 aromatic rings. The normalized spacial score (nSPS) is 14.9. The summed E-state index contributed by atoms with van der Waals surface area (Å²) in [5.74, 6) is 0.215. The van der Waals surface area contributed by atoms with Crippen LogP contribution in [0.2, 0.25) is 0 Å². The number of furan rings is 1. The lowest BCUT2D eigenvalue weighted by molar-refractivity contribution is -0.384. The first-order valence-electron chi connectivity index (χ1n) is 6.97. The Bertz CT molecular complexity index is 676. The second-order valence-corrected chi connectivity index (χ2v) is 5.03. The molecule has 0 atom stereocenters. The van der Waals surface area contributed by atoms with Crippen LogP contribution in [-0.4, -0.2) is 41.9 Å². The van der Waals surface area contributed by atoms with Crippen molar-refractivity contribution >= 4 is 17.3 Å². The van der Waals surface area contributed by atoms with Crippen molar-refractivity contribution in [1.29, 1.82) is 0 Å². The highest BCUT2D eigenvalue weighted by molar-refractivity contribution is 5.91. The second kappa shape index (κ2) is 5.88. The summed E-state index contributed by atoms with van der Waals surface area (Å²) in [5, 5.41) is 10.8. The highest BCUT2D eigenvalue weighted by Gasteiger charge is 2.24. The van der Waals surface area contributed by atoms with E-state index in [-0.39, 0.29) is 11.6 Å². The number of hydrogen-bond acceptors (Lipinski definition) is 5. The van der Waals surface area contributed by atoms with Gasteiger partial charge in [-0.2, -0.15) is 0 Å². The van der Waals surface area contributed by atoms with Crippen LogP contribution < -0.4 is 4.90 Å². The maximum absolute atomic E-state index is 12.2. The molecule has 1 saturated heterocycles. The fraction of sp³-hybridized carbons (Fsp3) is 0.267. The van der Waals surface area contributed by atoms with Gasteiger partial charge in [-0.1, -0.05) is 6.07 Å². The highest BCUT2D eigenvalue weighted by Crippen LogP contribution is 2.22. The van der Waals surface area contributed by atoms with E-state index in [0.717, 1.165) is 5.69 Å². The van der Waals surface area contributed by atoms with E-state index >= 15 is 0 Å². The van der Waals surface area contributed by atoms with Gasteiger partial charge in [-0.3, -0.25) is 14.9 Å². The molecule has 7 nitrogen and oxygen atoms in total. The van der Waals surface area contributed by atoms with Crippen LogP contribution in [0.15, 0.2) is 47.1 Å². The lowest BCUT2D eigenvalue weighted by Crippen LogP contribution is -2.48. The second-order valence-electron chi connectivity index (χ2n) is 5.03. The Morgan fingerprint density at radius 2 is 1.91 bits per heavy atom. The van der Waals surface area contributed by atoms with E-state index in [2.05, 4.69) is 0 Å². The Morgan fingerprint density at radius 3 is 2.55 bits per heavy atom. The first-order chi connectivity index (χ1) is 10.6. The van der Waals surface area contributed by atoms with Crippen LogP contribution in [0.5, 0.6) is 0 Å². The molecule has 1 fully saturated rings. The van der Waals surface area contributed by atoms with Gasteiger partial charge in [-0.15, -0.1) is 0 Å². The third-order valence-electron chi connectivity index (χ3n) is 3.70. The summed E-state index contributed by atoms with van der Waals surface area (Å²) in [6.07, 6.45) is 1.48. The molecule has 1 aliphatic heterocycles. The lowest BCUT2D eigenvalue weighted by Gasteiger charge is -2.35. The minimum atomic E-state index is -0.403. The van der Waals surface area contributed by atoms with Crippen LogP contribution >= 0.6 is 0 Å². The molecule has 3 rings (SSSR count). The van der Waals surface area contributed by atoms with E-state index in [9.17, 15) is 14.9 Å². The summed E-state index contributed by atoms with van der Waals surface area (Å²) in [7, 11) is 0. The number of nitro benzene ring substituents is 1. The minimum absolute atomic E-state index is 0.0755. The van der Waals surface area contributed by atoms with Gasteiger partial charge in [0.1, 0.15) is 0 Å². The number of non-ortho nitro benzene ring substituents is 1. The molecule has 1 amide bonds. The van der Waals surface area contributed by atoms with Gasteiger partial charge in [0.2, 0.25) is 0 Å². The van der Waals surface area contributed by atoms with Gasteiger partial charge in [0.25, 0.3) is 11.6 Å². The van der Waals surface area contributed by atoms with E-state index < -0.39 is 4.92 Å². The van der Waals surface area contributed by atoms with Crippen LogP contribution in [0.1, 0.15) is 10.6 Å². The summed E-state index contributed by atoms with van der Waals surface area (Å²) in [4.78, 5) is 26.4. The molecule has 0 aliphatic carbocycles. The Balaban J connectivity index is 1.65.